The van der Waals surface area contributed by atoms with Gasteiger partial charge >= 0.3 is 11.9 Å². The smallest absolute Gasteiger partial charge is 0.323 e. The molecule has 1 aliphatic heterocycles. The molecule has 1 aliphatic rings. The molecule has 0 aliphatic carbocycles. The lowest BCUT2D eigenvalue weighted by atomic mass is 9.97. The van der Waals surface area contributed by atoms with Gasteiger partial charge in [0.1, 0.15) is 6.04 Å². The third-order valence-corrected chi connectivity index (χ3v) is 9.42. The van der Waals surface area contributed by atoms with Crippen molar-refractivity contribution in [1.29, 1.82) is 0 Å². The number of carbonyl (C=O) groups is 2. The average Bonchev–Trinajstić information content (AvgIpc) is 3.49. The first-order valence-electron chi connectivity index (χ1n) is 19.9. The topological polar surface area (TPSA) is 94.1 Å². The quantitative estimate of drug-likeness (QED) is 0.0424. The van der Waals surface area contributed by atoms with Crippen LogP contribution in [0.3, 0.4) is 0 Å². The number of hydrogen-bond donors (Lipinski definition) is 2. The van der Waals surface area contributed by atoms with Gasteiger partial charge in [0.15, 0.2) is 0 Å². The summed E-state index contributed by atoms with van der Waals surface area (Å²) in [6, 6.07) is -0.382. The van der Waals surface area contributed by atoms with Gasteiger partial charge in [0.05, 0.1) is 18.8 Å². The number of unbranched alkanes of at least 4 members (excludes halogenated alkanes) is 16. The van der Waals surface area contributed by atoms with E-state index in [1.165, 1.54) is 77.0 Å². The molecule has 0 aromatic carbocycles. The Morgan fingerprint density at radius 1 is 0.696 bits per heavy atom. The maximum absolute atomic E-state index is 13.4. The lowest BCUT2D eigenvalue weighted by molar-refractivity contribution is -0.259. The highest BCUT2D eigenvalue weighted by molar-refractivity contribution is 5.76. The van der Waals surface area contributed by atoms with Crippen molar-refractivity contribution in [3.8, 4) is 0 Å². The maximum Gasteiger partial charge on any atom is 0.323 e. The van der Waals surface area contributed by atoms with Crippen LogP contribution in [0.5, 0.6) is 0 Å². The van der Waals surface area contributed by atoms with Crippen molar-refractivity contribution in [3.05, 3.63) is 0 Å². The average molecular weight is 654 g/mol. The zero-order valence-corrected chi connectivity index (χ0v) is 30.7. The van der Waals surface area contributed by atoms with Crippen molar-refractivity contribution in [3.63, 3.8) is 0 Å². The van der Waals surface area contributed by atoms with Gasteiger partial charge in [-0.15, -0.1) is 0 Å². The summed E-state index contributed by atoms with van der Waals surface area (Å²) in [4.78, 5) is 25.5. The van der Waals surface area contributed by atoms with Crippen LogP contribution in [0.1, 0.15) is 201 Å². The predicted octanol–water partition coefficient (Wildman–Crippen LogP) is 10.1. The highest BCUT2D eigenvalue weighted by Gasteiger charge is 2.37. The van der Waals surface area contributed by atoms with Crippen molar-refractivity contribution < 1.29 is 28.9 Å². The largest absolute Gasteiger partial charge is 0.465 e. The first kappa shape index (κ1) is 42.8. The molecule has 1 saturated heterocycles. The molecule has 2 N–H and O–H groups in total. The number of carbonyl (C=O) groups excluding carboxylic acids is 2. The van der Waals surface area contributed by atoms with Crippen LogP contribution >= 0.6 is 0 Å². The van der Waals surface area contributed by atoms with Gasteiger partial charge in [0.2, 0.25) is 5.79 Å². The molecule has 0 spiro atoms. The van der Waals surface area contributed by atoms with Gasteiger partial charge < -0.3 is 24.6 Å². The van der Waals surface area contributed by atoms with E-state index < -0.39 is 11.9 Å². The predicted molar refractivity (Wildman–Crippen MR) is 190 cm³/mol. The molecule has 0 aromatic rings. The van der Waals surface area contributed by atoms with Gasteiger partial charge in [0.25, 0.3) is 0 Å². The Hall–Kier alpha value is -1.18. The summed E-state index contributed by atoms with van der Waals surface area (Å²) in [7, 11) is 0. The molecule has 1 unspecified atom stereocenters. The Balaban J connectivity index is 2.71. The van der Waals surface area contributed by atoms with Crippen molar-refractivity contribution in [1.82, 2.24) is 5.32 Å². The van der Waals surface area contributed by atoms with E-state index in [-0.39, 0.29) is 24.1 Å². The second kappa shape index (κ2) is 28.8. The van der Waals surface area contributed by atoms with Crippen LogP contribution in [0.2, 0.25) is 0 Å². The Bertz CT molecular complexity index is 707. The van der Waals surface area contributed by atoms with E-state index in [1.807, 2.05) is 0 Å². The lowest BCUT2D eigenvalue weighted by Crippen LogP contribution is -2.42. The second-order valence-electron chi connectivity index (χ2n) is 14.0. The van der Waals surface area contributed by atoms with Crippen molar-refractivity contribution in [2.75, 3.05) is 13.2 Å². The highest BCUT2D eigenvalue weighted by atomic mass is 16.7. The summed E-state index contributed by atoms with van der Waals surface area (Å²) < 4.78 is 18.9. The Kier molecular flexibility index (Phi) is 26.8. The number of esters is 2. The van der Waals surface area contributed by atoms with Crippen LogP contribution in [0.25, 0.3) is 0 Å². The van der Waals surface area contributed by atoms with Crippen molar-refractivity contribution in [2.24, 2.45) is 0 Å². The first-order valence-corrected chi connectivity index (χ1v) is 19.9. The fourth-order valence-corrected chi connectivity index (χ4v) is 6.50. The number of aliphatic hydroxyl groups is 1. The summed E-state index contributed by atoms with van der Waals surface area (Å²) in [5, 5.41) is 12.6. The number of β-amino-alcohol motifs (C(OH)–C–C–N with tert-alkyl or cyclic N) is 1. The van der Waals surface area contributed by atoms with E-state index in [0.29, 0.717) is 26.0 Å². The highest BCUT2D eigenvalue weighted by Crippen LogP contribution is 2.33. The number of ether oxygens (including phenoxy) is 3. The summed E-state index contributed by atoms with van der Waals surface area (Å²) >= 11 is 0. The lowest BCUT2D eigenvalue weighted by Gasteiger charge is -2.37. The third-order valence-electron chi connectivity index (χ3n) is 9.42. The molecular formula is C39H75NO6. The number of nitrogens with one attached hydrogen (secondary N) is 1. The third kappa shape index (κ3) is 21.6. The standard InChI is InChI=1S/C39H75NO6/c1-5-9-13-20-26-35(27-21-14-10-6-2)45-39(29-23-15-11-7-3,30-24-16-12-8-4)46-37(42)28-22-18-17-19-25-31-44-38(43)36-32-34(41)33-40-36/h34-36,40-41H,5-33H2,1-4H3/t34?,36-/m0/s1. The van der Waals surface area contributed by atoms with E-state index >= 15 is 0 Å². The van der Waals surface area contributed by atoms with Gasteiger partial charge in [-0.1, -0.05) is 137 Å². The van der Waals surface area contributed by atoms with Gasteiger partial charge in [-0.3, -0.25) is 9.59 Å². The molecule has 46 heavy (non-hydrogen) atoms. The minimum absolute atomic E-state index is 0.109. The monoisotopic (exact) mass is 654 g/mol. The summed E-state index contributed by atoms with van der Waals surface area (Å²) in [6.45, 7) is 9.85. The Labute approximate surface area is 284 Å². The molecule has 0 saturated carbocycles. The SMILES string of the molecule is CCCCCCC(CCCCCC)OC(CCCCCC)(CCCCCC)OC(=O)CCCCCCCOC(=O)[C@@H]1CC(O)CN1. The summed E-state index contributed by atoms with van der Waals surface area (Å²) in [5.41, 5.74) is 0. The van der Waals surface area contributed by atoms with Gasteiger partial charge in [-0.2, -0.15) is 0 Å². The van der Waals surface area contributed by atoms with E-state index in [2.05, 4.69) is 33.0 Å². The van der Waals surface area contributed by atoms with E-state index in [4.69, 9.17) is 14.2 Å². The number of aliphatic hydroxyl groups excluding tert-OH is 1. The summed E-state index contributed by atoms with van der Waals surface area (Å²) in [6.07, 6.45) is 27.8. The molecule has 272 valence electrons. The molecule has 2 atom stereocenters. The van der Waals surface area contributed by atoms with Crippen LogP contribution in [0.4, 0.5) is 0 Å². The van der Waals surface area contributed by atoms with Gasteiger partial charge in [-0.25, -0.2) is 0 Å². The van der Waals surface area contributed by atoms with Crippen molar-refractivity contribution >= 4 is 11.9 Å². The molecule has 0 amide bonds. The van der Waals surface area contributed by atoms with Gasteiger partial charge in [-0.05, 0) is 38.5 Å². The molecule has 1 heterocycles. The maximum atomic E-state index is 13.4. The molecule has 0 bridgehead atoms. The molecule has 1 rings (SSSR count). The van der Waals surface area contributed by atoms with Crippen LogP contribution < -0.4 is 5.32 Å². The van der Waals surface area contributed by atoms with Crippen LogP contribution in [-0.2, 0) is 23.8 Å². The van der Waals surface area contributed by atoms with Crippen LogP contribution in [-0.4, -0.2) is 54.2 Å². The van der Waals surface area contributed by atoms with Crippen LogP contribution in [0, 0.1) is 0 Å². The minimum Gasteiger partial charge on any atom is -0.465 e. The minimum atomic E-state index is -0.799. The molecule has 0 aromatic heterocycles. The molecule has 7 nitrogen and oxygen atoms in total. The number of rotatable bonds is 32. The first-order chi connectivity index (χ1) is 22.4. The summed E-state index contributed by atoms with van der Waals surface area (Å²) in [5.74, 6) is -1.17. The zero-order chi connectivity index (χ0) is 33.7. The normalized spacial score (nSPS) is 16.7. The van der Waals surface area contributed by atoms with E-state index in [0.717, 1.165) is 83.5 Å². The fourth-order valence-electron chi connectivity index (χ4n) is 6.50. The molecule has 0 radical (unpaired) electrons. The zero-order valence-electron chi connectivity index (χ0n) is 30.7. The van der Waals surface area contributed by atoms with Crippen molar-refractivity contribution in [2.45, 2.75) is 225 Å². The Morgan fingerprint density at radius 2 is 1.20 bits per heavy atom. The van der Waals surface area contributed by atoms with Gasteiger partial charge in [0, 0.05) is 32.2 Å². The Morgan fingerprint density at radius 3 is 1.72 bits per heavy atom. The van der Waals surface area contributed by atoms with E-state index in [1.54, 1.807) is 0 Å². The molecule has 7 heteroatoms. The van der Waals surface area contributed by atoms with Crippen LogP contribution in [0.15, 0.2) is 0 Å². The second-order valence-corrected chi connectivity index (χ2v) is 14.0. The van der Waals surface area contributed by atoms with E-state index in [9.17, 15) is 14.7 Å². The fraction of sp³-hybridized carbons (Fsp3) is 0.949. The number of hydrogen-bond acceptors (Lipinski definition) is 7. The molecule has 1 fully saturated rings. The molecular weight excluding hydrogens is 578 g/mol.